The van der Waals surface area contributed by atoms with Gasteiger partial charge in [-0.15, -0.1) is 0 Å². The number of rotatable bonds is 8. The van der Waals surface area contributed by atoms with E-state index in [1.165, 1.54) is 0 Å². The van der Waals surface area contributed by atoms with Crippen LogP contribution in [0.5, 0.6) is 0 Å². The zero-order valence-corrected chi connectivity index (χ0v) is 14.4. The standard InChI is InChI=1S/C9H11F9O3S.Na/c10-6(11,4-2-1-3-5-7(12,13)14)8(15,16)9(17,18)22(19,20)21;/h1-5H2,(H,19,20,21);/q;+1/p-1. The molecule has 0 radical (unpaired) electrons. The van der Waals surface area contributed by atoms with Crippen molar-refractivity contribution < 1.29 is 82.0 Å². The van der Waals surface area contributed by atoms with Crippen molar-refractivity contribution in [3.05, 3.63) is 0 Å². The van der Waals surface area contributed by atoms with Crippen LogP contribution in [-0.2, 0) is 10.1 Å². The molecule has 0 saturated heterocycles. The van der Waals surface area contributed by atoms with Gasteiger partial charge in [-0.3, -0.25) is 0 Å². The van der Waals surface area contributed by atoms with Gasteiger partial charge in [-0.2, -0.15) is 39.5 Å². The van der Waals surface area contributed by atoms with E-state index < -0.39 is 65.5 Å². The molecule has 0 aromatic heterocycles. The first-order valence-corrected chi connectivity index (χ1v) is 7.02. The molecule has 23 heavy (non-hydrogen) atoms. The van der Waals surface area contributed by atoms with Crippen LogP contribution in [0.25, 0.3) is 0 Å². The molecular weight excluding hydrogens is 382 g/mol. The summed E-state index contributed by atoms with van der Waals surface area (Å²) in [5.41, 5.74) is 0. The summed E-state index contributed by atoms with van der Waals surface area (Å²) in [4.78, 5) is 0. The number of unbranched alkanes of at least 4 members (excludes halogenated alkanes) is 2. The normalized spacial score (nSPS) is 14.5. The van der Waals surface area contributed by atoms with Crippen molar-refractivity contribution in [1.29, 1.82) is 0 Å². The van der Waals surface area contributed by atoms with Crippen molar-refractivity contribution in [2.24, 2.45) is 0 Å². The van der Waals surface area contributed by atoms with Crippen LogP contribution >= 0.6 is 0 Å². The maximum absolute atomic E-state index is 13.0. The first-order valence-electron chi connectivity index (χ1n) is 5.61. The van der Waals surface area contributed by atoms with Crippen molar-refractivity contribution in [3.8, 4) is 0 Å². The Hall–Kier alpha value is 0.280. The van der Waals surface area contributed by atoms with Gasteiger partial charge < -0.3 is 4.55 Å². The monoisotopic (exact) mass is 392 g/mol. The minimum Gasteiger partial charge on any atom is -0.743 e. The van der Waals surface area contributed by atoms with Crippen LogP contribution in [0.4, 0.5) is 39.5 Å². The molecule has 14 heteroatoms. The second-order valence-electron chi connectivity index (χ2n) is 4.43. The summed E-state index contributed by atoms with van der Waals surface area (Å²) >= 11 is 0. The Balaban J connectivity index is 0. The first kappa shape index (κ1) is 25.5. The zero-order valence-electron chi connectivity index (χ0n) is 11.6. The van der Waals surface area contributed by atoms with Gasteiger partial charge in [0.1, 0.15) is 0 Å². The summed E-state index contributed by atoms with van der Waals surface area (Å²) in [5.74, 6) is -12.1. The number of hydrogen-bond donors (Lipinski definition) is 0. The molecule has 0 rings (SSSR count). The average Bonchev–Trinajstić information content (AvgIpc) is 2.24. The van der Waals surface area contributed by atoms with Gasteiger partial charge in [0.25, 0.3) is 0 Å². The Kier molecular flexibility index (Phi) is 8.99. The fraction of sp³-hybridized carbons (Fsp3) is 1.00. The third-order valence-corrected chi connectivity index (χ3v) is 3.47. The quantitative estimate of drug-likeness (QED) is 0.267. The maximum Gasteiger partial charge on any atom is 1.00 e. The molecule has 0 amide bonds. The average molecular weight is 392 g/mol. The molecule has 0 aromatic carbocycles. The van der Waals surface area contributed by atoms with Gasteiger partial charge in [0.2, 0.25) is 0 Å². The van der Waals surface area contributed by atoms with Crippen LogP contribution in [0.15, 0.2) is 0 Å². The summed E-state index contributed by atoms with van der Waals surface area (Å²) in [6.45, 7) is 0. The molecule has 0 saturated carbocycles. The fourth-order valence-electron chi connectivity index (χ4n) is 1.38. The summed E-state index contributed by atoms with van der Waals surface area (Å²) in [5, 5.41) is -6.55. The van der Waals surface area contributed by atoms with Crippen molar-refractivity contribution >= 4 is 10.1 Å². The van der Waals surface area contributed by atoms with Gasteiger partial charge in [0, 0.05) is 12.8 Å². The van der Waals surface area contributed by atoms with Crippen molar-refractivity contribution in [1.82, 2.24) is 0 Å². The SMILES string of the molecule is O=S(=O)([O-])C(F)(F)C(F)(F)C(F)(F)CCCCCC(F)(F)F.[Na+]. The van der Waals surface area contributed by atoms with E-state index in [4.69, 9.17) is 0 Å². The van der Waals surface area contributed by atoms with Crippen LogP contribution in [-0.4, -0.2) is 36.2 Å². The van der Waals surface area contributed by atoms with Crippen LogP contribution in [0, 0.1) is 0 Å². The van der Waals surface area contributed by atoms with E-state index in [1.54, 1.807) is 0 Å². The van der Waals surface area contributed by atoms with E-state index in [0.717, 1.165) is 0 Å². The van der Waals surface area contributed by atoms with E-state index in [2.05, 4.69) is 0 Å². The topological polar surface area (TPSA) is 57.2 Å². The number of halogens is 9. The van der Waals surface area contributed by atoms with Crippen molar-refractivity contribution in [2.45, 2.75) is 55.4 Å². The van der Waals surface area contributed by atoms with Gasteiger partial charge >= 0.3 is 52.8 Å². The summed E-state index contributed by atoms with van der Waals surface area (Å²) < 4.78 is 142. The molecule has 0 aliphatic rings. The Morgan fingerprint density at radius 3 is 1.48 bits per heavy atom. The van der Waals surface area contributed by atoms with Crippen LogP contribution < -0.4 is 29.6 Å². The molecular formula is C9H10F9NaO3S. The van der Waals surface area contributed by atoms with Crippen LogP contribution in [0.2, 0.25) is 0 Å². The zero-order chi connectivity index (χ0) is 18.0. The first-order chi connectivity index (χ1) is 9.46. The Morgan fingerprint density at radius 2 is 1.13 bits per heavy atom. The largest absolute Gasteiger partial charge is 1.00 e. The number of alkyl halides is 9. The second kappa shape index (κ2) is 8.11. The molecule has 0 aliphatic heterocycles. The van der Waals surface area contributed by atoms with Crippen molar-refractivity contribution in [3.63, 3.8) is 0 Å². The predicted octanol–water partition coefficient (Wildman–Crippen LogP) is 0.912. The van der Waals surface area contributed by atoms with Gasteiger partial charge in [-0.05, 0) is 12.8 Å². The van der Waals surface area contributed by atoms with E-state index in [0.29, 0.717) is 0 Å². The molecule has 0 spiro atoms. The molecule has 0 aliphatic carbocycles. The minimum absolute atomic E-state index is 0. The van der Waals surface area contributed by atoms with Gasteiger partial charge in [0.15, 0.2) is 10.1 Å². The molecule has 0 atom stereocenters. The van der Waals surface area contributed by atoms with Gasteiger partial charge in [-0.25, -0.2) is 8.42 Å². The Morgan fingerprint density at radius 1 is 0.739 bits per heavy atom. The maximum atomic E-state index is 13.0. The molecule has 0 unspecified atom stereocenters. The molecule has 0 bridgehead atoms. The molecule has 0 fully saturated rings. The summed E-state index contributed by atoms with van der Waals surface area (Å²) in [6, 6.07) is 0. The van der Waals surface area contributed by atoms with Crippen LogP contribution in [0.3, 0.4) is 0 Å². The predicted molar refractivity (Wildman–Crippen MR) is 53.7 cm³/mol. The Labute approximate surface area is 147 Å². The van der Waals surface area contributed by atoms with Gasteiger partial charge in [-0.1, -0.05) is 6.42 Å². The summed E-state index contributed by atoms with van der Waals surface area (Å²) in [7, 11) is -7.06. The van der Waals surface area contributed by atoms with Crippen LogP contribution in [0.1, 0.15) is 32.1 Å². The van der Waals surface area contributed by atoms with E-state index >= 15 is 0 Å². The second-order valence-corrected chi connectivity index (χ2v) is 5.85. The molecule has 0 N–H and O–H groups in total. The molecule has 0 heterocycles. The number of hydrogen-bond acceptors (Lipinski definition) is 3. The van der Waals surface area contributed by atoms with E-state index in [9.17, 15) is 52.5 Å². The third-order valence-electron chi connectivity index (χ3n) is 2.59. The molecule has 0 aromatic rings. The van der Waals surface area contributed by atoms with E-state index in [-0.39, 0.29) is 29.6 Å². The molecule has 134 valence electrons. The smallest absolute Gasteiger partial charge is 0.743 e. The minimum atomic E-state index is -7.06. The third kappa shape index (κ3) is 6.59. The Bertz CT molecular complexity index is 475. The van der Waals surface area contributed by atoms with Crippen molar-refractivity contribution in [2.75, 3.05) is 0 Å². The van der Waals surface area contributed by atoms with E-state index in [1.807, 2.05) is 0 Å². The fourth-order valence-corrected chi connectivity index (χ4v) is 1.84. The summed E-state index contributed by atoms with van der Waals surface area (Å²) in [6.07, 6.45) is -10.3. The van der Waals surface area contributed by atoms with Gasteiger partial charge in [0.05, 0.1) is 0 Å². The molecule has 3 nitrogen and oxygen atoms in total.